The van der Waals surface area contributed by atoms with Crippen LogP contribution in [0, 0.1) is 12.7 Å². The molecule has 0 atom stereocenters. The summed E-state index contributed by atoms with van der Waals surface area (Å²) in [5, 5.41) is 3.78. The number of carbonyl (C=O) groups is 1. The maximum atomic E-state index is 12.9. The quantitative estimate of drug-likeness (QED) is 0.521. The van der Waals surface area contributed by atoms with E-state index >= 15 is 0 Å². The van der Waals surface area contributed by atoms with Gasteiger partial charge in [0.15, 0.2) is 6.61 Å². The van der Waals surface area contributed by atoms with Crippen molar-refractivity contribution in [3.8, 4) is 11.4 Å². The molecular formula is C19H15FN2O3. The Morgan fingerprint density at radius 1 is 1.16 bits per heavy atom. The van der Waals surface area contributed by atoms with Gasteiger partial charge < -0.3 is 9.26 Å². The van der Waals surface area contributed by atoms with Gasteiger partial charge in [-0.15, -0.1) is 0 Å². The third kappa shape index (κ3) is 4.60. The van der Waals surface area contributed by atoms with Crippen LogP contribution in [-0.2, 0) is 16.1 Å². The highest BCUT2D eigenvalue weighted by Crippen LogP contribution is 2.16. The van der Waals surface area contributed by atoms with E-state index in [-0.39, 0.29) is 18.3 Å². The lowest BCUT2D eigenvalue weighted by atomic mass is 10.1. The Labute approximate surface area is 143 Å². The number of carbonyl (C=O) groups excluding carboxylic acids is 1. The molecule has 0 fully saturated rings. The third-order valence-corrected chi connectivity index (χ3v) is 3.40. The second-order valence-corrected chi connectivity index (χ2v) is 5.37. The Morgan fingerprint density at radius 2 is 1.88 bits per heavy atom. The molecule has 0 aliphatic heterocycles. The van der Waals surface area contributed by atoms with Gasteiger partial charge in [-0.05, 0) is 42.8 Å². The molecule has 25 heavy (non-hydrogen) atoms. The van der Waals surface area contributed by atoms with Crippen LogP contribution < -0.4 is 0 Å². The molecule has 1 heterocycles. The summed E-state index contributed by atoms with van der Waals surface area (Å²) >= 11 is 0. The van der Waals surface area contributed by atoms with Crippen LogP contribution in [0.5, 0.6) is 0 Å². The van der Waals surface area contributed by atoms with E-state index in [1.165, 1.54) is 18.2 Å². The van der Waals surface area contributed by atoms with Gasteiger partial charge in [-0.2, -0.15) is 4.98 Å². The van der Waals surface area contributed by atoms with Crippen molar-refractivity contribution in [1.82, 2.24) is 10.1 Å². The first-order valence-corrected chi connectivity index (χ1v) is 7.60. The topological polar surface area (TPSA) is 65.2 Å². The van der Waals surface area contributed by atoms with E-state index < -0.39 is 5.97 Å². The first kappa shape index (κ1) is 16.6. The number of hydrogen-bond donors (Lipinski definition) is 0. The number of aryl methyl sites for hydroxylation is 1. The van der Waals surface area contributed by atoms with Crippen LogP contribution in [0.3, 0.4) is 0 Å². The van der Waals surface area contributed by atoms with E-state index in [1.807, 2.05) is 31.2 Å². The maximum Gasteiger partial charge on any atom is 0.331 e. The van der Waals surface area contributed by atoms with Gasteiger partial charge in [0.2, 0.25) is 5.82 Å². The van der Waals surface area contributed by atoms with Crippen molar-refractivity contribution < 1.29 is 18.4 Å². The van der Waals surface area contributed by atoms with Crippen molar-refractivity contribution in [3.05, 3.63) is 77.4 Å². The largest absolute Gasteiger partial charge is 0.452 e. The lowest BCUT2D eigenvalue weighted by Gasteiger charge is -1.97. The lowest BCUT2D eigenvalue weighted by Crippen LogP contribution is -2.00. The minimum Gasteiger partial charge on any atom is -0.452 e. The normalized spacial score (nSPS) is 11.0. The molecule has 0 bridgehead atoms. The number of benzene rings is 2. The summed E-state index contributed by atoms with van der Waals surface area (Å²) in [4.78, 5) is 15.8. The summed E-state index contributed by atoms with van der Waals surface area (Å²) in [5.74, 6) is -0.387. The van der Waals surface area contributed by atoms with Gasteiger partial charge in [-0.25, -0.2) is 9.18 Å². The molecule has 6 heteroatoms. The molecule has 0 radical (unpaired) electrons. The van der Waals surface area contributed by atoms with Crippen molar-refractivity contribution in [1.29, 1.82) is 0 Å². The van der Waals surface area contributed by atoms with E-state index in [0.717, 1.165) is 11.1 Å². The molecule has 0 unspecified atom stereocenters. The Bertz CT molecular complexity index is 884. The van der Waals surface area contributed by atoms with Crippen LogP contribution in [0.25, 0.3) is 17.5 Å². The van der Waals surface area contributed by atoms with Crippen LogP contribution >= 0.6 is 0 Å². The number of hydrogen-bond acceptors (Lipinski definition) is 5. The van der Waals surface area contributed by atoms with Crippen LogP contribution in [-0.4, -0.2) is 16.1 Å². The fourth-order valence-electron chi connectivity index (χ4n) is 2.05. The highest BCUT2D eigenvalue weighted by atomic mass is 19.1. The molecule has 3 rings (SSSR count). The third-order valence-electron chi connectivity index (χ3n) is 3.40. The Hall–Kier alpha value is -3.28. The predicted octanol–water partition coefficient (Wildman–Crippen LogP) is 3.94. The second kappa shape index (κ2) is 7.53. The first-order chi connectivity index (χ1) is 12.1. The van der Waals surface area contributed by atoms with Gasteiger partial charge in [-0.1, -0.05) is 35.0 Å². The Morgan fingerprint density at radius 3 is 2.60 bits per heavy atom. The Kier molecular flexibility index (Phi) is 4.99. The van der Waals surface area contributed by atoms with Crippen LogP contribution in [0.4, 0.5) is 4.39 Å². The van der Waals surface area contributed by atoms with Crippen molar-refractivity contribution >= 4 is 12.0 Å². The van der Waals surface area contributed by atoms with Crippen molar-refractivity contribution in [2.45, 2.75) is 13.5 Å². The maximum absolute atomic E-state index is 12.9. The molecule has 3 aromatic rings. The molecule has 0 spiro atoms. The van der Waals surface area contributed by atoms with Crippen molar-refractivity contribution in [3.63, 3.8) is 0 Å². The molecule has 0 N–H and O–H groups in total. The van der Waals surface area contributed by atoms with Crippen LogP contribution in [0.1, 0.15) is 17.0 Å². The van der Waals surface area contributed by atoms with Gasteiger partial charge in [-0.3, -0.25) is 0 Å². The van der Waals surface area contributed by atoms with E-state index in [2.05, 4.69) is 10.1 Å². The number of ether oxygens (including phenoxy) is 1. The molecule has 126 valence electrons. The van der Waals surface area contributed by atoms with Gasteiger partial charge in [0.25, 0.3) is 5.89 Å². The summed E-state index contributed by atoms with van der Waals surface area (Å²) in [6.45, 7) is 1.86. The highest BCUT2D eigenvalue weighted by molar-refractivity contribution is 5.87. The minimum absolute atomic E-state index is 0.134. The SMILES string of the molecule is Cc1ccc(/C=C/C(=O)OCc2nc(-c3ccc(F)cc3)no2)cc1. The lowest BCUT2D eigenvalue weighted by molar-refractivity contribution is -0.139. The van der Waals surface area contributed by atoms with Gasteiger partial charge in [0, 0.05) is 11.6 Å². The fraction of sp³-hybridized carbons (Fsp3) is 0.105. The number of halogens is 1. The van der Waals surface area contributed by atoms with Crippen LogP contribution in [0.2, 0.25) is 0 Å². The summed E-state index contributed by atoms with van der Waals surface area (Å²) in [5.41, 5.74) is 2.66. The molecule has 1 aromatic heterocycles. The summed E-state index contributed by atoms with van der Waals surface area (Å²) < 4.78 is 23.0. The van der Waals surface area contributed by atoms with Crippen LogP contribution in [0.15, 0.2) is 59.1 Å². The van der Waals surface area contributed by atoms with Crippen molar-refractivity contribution in [2.75, 3.05) is 0 Å². The predicted molar refractivity (Wildman–Crippen MR) is 89.7 cm³/mol. The average molecular weight is 338 g/mol. The second-order valence-electron chi connectivity index (χ2n) is 5.37. The number of rotatable bonds is 5. The standard InChI is InChI=1S/C19H15FN2O3/c1-13-2-4-14(5-3-13)6-11-18(23)24-12-17-21-19(22-25-17)15-7-9-16(20)10-8-15/h2-11H,12H2,1H3/b11-6+. The fourth-order valence-corrected chi connectivity index (χ4v) is 2.05. The molecule has 2 aromatic carbocycles. The molecule has 0 amide bonds. The van der Waals surface area contributed by atoms with Crippen molar-refractivity contribution in [2.24, 2.45) is 0 Å². The number of nitrogens with zero attached hydrogens (tertiary/aromatic N) is 2. The first-order valence-electron chi connectivity index (χ1n) is 7.60. The highest BCUT2D eigenvalue weighted by Gasteiger charge is 2.10. The van der Waals surface area contributed by atoms with E-state index in [9.17, 15) is 9.18 Å². The zero-order valence-electron chi connectivity index (χ0n) is 13.5. The minimum atomic E-state index is -0.512. The van der Waals surface area contributed by atoms with E-state index in [4.69, 9.17) is 9.26 Å². The van der Waals surface area contributed by atoms with Gasteiger partial charge in [0.1, 0.15) is 5.82 Å². The molecule has 0 saturated heterocycles. The molecule has 5 nitrogen and oxygen atoms in total. The zero-order valence-corrected chi connectivity index (χ0v) is 13.5. The molecular weight excluding hydrogens is 323 g/mol. The molecule has 0 saturated carbocycles. The monoisotopic (exact) mass is 338 g/mol. The van der Waals surface area contributed by atoms with E-state index in [1.54, 1.807) is 18.2 Å². The summed E-state index contributed by atoms with van der Waals surface area (Å²) in [6.07, 6.45) is 3.00. The average Bonchev–Trinajstić information content (AvgIpc) is 3.09. The Balaban J connectivity index is 1.55. The number of aromatic nitrogens is 2. The summed E-state index contributed by atoms with van der Waals surface area (Å²) in [7, 11) is 0. The van der Waals surface area contributed by atoms with E-state index in [0.29, 0.717) is 11.4 Å². The number of esters is 1. The van der Waals surface area contributed by atoms with Gasteiger partial charge >= 0.3 is 5.97 Å². The molecule has 0 aliphatic rings. The zero-order chi connectivity index (χ0) is 17.6. The summed E-state index contributed by atoms with van der Waals surface area (Å²) in [6, 6.07) is 13.4. The van der Waals surface area contributed by atoms with Gasteiger partial charge in [0.05, 0.1) is 0 Å². The smallest absolute Gasteiger partial charge is 0.331 e. The molecule has 0 aliphatic carbocycles.